The normalized spacial score (nSPS) is 17.0. The van der Waals surface area contributed by atoms with E-state index in [-0.39, 0.29) is 17.9 Å². The van der Waals surface area contributed by atoms with Crippen molar-refractivity contribution in [3.05, 3.63) is 48.4 Å². The monoisotopic (exact) mass is 339 g/mol. The number of anilines is 2. The van der Waals surface area contributed by atoms with Gasteiger partial charge in [0.25, 0.3) is 0 Å². The first kappa shape index (κ1) is 16.9. The topological polar surface area (TPSA) is 87.2 Å². The van der Waals surface area contributed by atoms with Crippen LogP contribution in [0.5, 0.6) is 0 Å². The summed E-state index contributed by atoms with van der Waals surface area (Å²) in [5.74, 6) is 0.194. The van der Waals surface area contributed by atoms with Crippen LogP contribution in [0.4, 0.5) is 16.3 Å². The number of nitrogens with one attached hydrogen (secondary N) is 2. The molecule has 1 atom stereocenters. The molecule has 0 aliphatic carbocycles. The van der Waals surface area contributed by atoms with Crippen LogP contribution in [0, 0.1) is 12.8 Å². The average Bonchev–Trinajstić information content (AvgIpc) is 2.64. The third-order valence-corrected chi connectivity index (χ3v) is 4.15. The second kappa shape index (κ2) is 7.74. The van der Waals surface area contributed by atoms with E-state index in [1.165, 1.54) is 0 Å². The SMILES string of the molecule is Cc1ccc(NC(=O)[C@H]2CCCN(C(=O)Nc3cccnc3)C2)nc1. The summed E-state index contributed by atoms with van der Waals surface area (Å²) >= 11 is 0. The Morgan fingerprint density at radius 2 is 2.08 bits per heavy atom. The predicted molar refractivity (Wildman–Crippen MR) is 95.2 cm³/mol. The smallest absolute Gasteiger partial charge is 0.321 e. The van der Waals surface area contributed by atoms with Gasteiger partial charge in [-0.2, -0.15) is 0 Å². The highest BCUT2D eigenvalue weighted by Gasteiger charge is 2.28. The summed E-state index contributed by atoms with van der Waals surface area (Å²) in [6.45, 7) is 2.97. The molecular weight excluding hydrogens is 318 g/mol. The fourth-order valence-corrected chi connectivity index (χ4v) is 2.78. The molecule has 1 aliphatic rings. The molecule has 7 nitrogen and oxygen atoms in total. The molecule has 3 heterocycles. The highest BCUT2D eigenvalue weighted by molar-refractivity contribution is 5.93. The molecule has 0 unspecified atom stereocenters. The van der Waals surface area contributed by atoms with Gasteiger partial charge in [0, 0.05) is 25.5 Å². The minimum absolute atomic E-state index is 0.102. The molecule has 1 fully saturated rings. The Morgan fingerprint density at radius 3 is 2.80 bits per heavy atom. The Hall–Kier alpha value is -2.96. The van der Waals surface area contributed by atoms with E-state index in [0.29, 0.717) is 24.6 Å². The lowest BCUT2D eigenvalue weighted by atomic mass is 9.97. The number of pyridine rings is 2. The van der Waals surface area contributed by atoms with Gasteiger partial charge in [0.05, 0.1) is 17.8 Å². The molecule has 7 heteroatoms. The van der Waals surface area contributed by atoms with Crippen molar-refractivity contribution < 1.29 is 9.59 Å². The summed E-state index contributed by atoms with van der Waals surface area (Å²) in [5.41, 5.74) is 1.68. The molecular formula is C18H21N5O2. The van der Waals surface area contributed by atoms with E-state index in [0.717, 1.165) is 18.4 Å². The summed E-state index contributed by atoms with van der Waals surface area (Å²) in [7, 11) is 0. The van der Waals surface area contributed by atoms with Crippen LogP contribution in [-0.4, -0.2) is 39.9 Å². The molecule has 2 aromatic rings. The van der Waals surface area contributed by atoms with Crippen LogP contribution in [0.2, 0.25) is 0 Å². The minimum Gasteiger partial charge on any atom is -0.324 e. The fraction of sp³-hybridized carbons (Fsp3) is 0.333. The van der Waals surface area contributed by atoms with Crippen molar-refractivity contribution in [1.82, 2.24) is 14.9 Å². The molecule has 1 saturated heterocycles. The summed E-state index contributed by atoms with van der Waals surface area (Å²) in [6, 6.07) is 7.01. The number of urea groups is 1. The maximum Gasteiger partial charge on any atom is 0.321 e. The number of amides is 3. The molecule has 0 aromatic carbocycles. The molecule has 0 bridgehead atoms. The van der Waals surface area contributed by atoms with Crippen molar-refractivity contribution in [2.75, 3.05) is 23.7 Å². The predicted octanol–water partition coefficient (Wildman–Crippen LogP) is 2.67. The standard InChI is InChI=1S/C18H21N5O2/c1-13-6-7-16(20-10-13)22-17(24)14-4-3-9-23(12-14)18(25)21-15-5-2-8-19-11-15/h2,5-8,10-11,14H,3-4,9,12H2,1H3,(H,21,25)(H,20,22,24)/t14-/m0/s1. The van der Waals surface area contributed by atoms with Gasteiger partial charge in [-0.25, -0.2) is 9.78 Å². The lowest BCUT2D eigenvalue weighted by Gasteiger charge is -2.32. The number of aryl methyl sites for hydroxylation is 1. The lowest BCUT2D eigenvalue weighted by Crippen LogP contribution is -2.45. The molecule has 0 radical (unpaired) electrons. The number of piperidine rings is 1. The van der Waals surface area contributed by atoms with Crippen LogP contribution < -0.4 is 10.6 Å². The van der Waals surface area contributed by atoms with Gasteiger partial charge in [0.15, 0.2) is 0 Å². The zero-order valence-electron chi connectivity index (χ0n) is 14.1. The molecule has 0 saturated carbocycles. The summed E-state index contributed by atoms with van der Waals surface area (Å²) in [4.78, 5) is 34.7. The Kier molecular flexibility index (Phi) is 5.23. The fourth-order valence-electron chi connectivity index (χ4n) is 2.78. The Bertz CT molecular complexity index is 733. The van der Waals surface area contributed by atoms with E-state index in [2.05, 4.69) is 20.6 Å². The molecule has 2 aromatic heterocycles. The number of likely N-dealkylation sites (tertiary alicyclic amines) is 1. The van der Waals surface area contributed by atoms with E-state index in [4.69, 9.17) is 0 Å². The zero-order chi connectivity index (χ0) is 17.6. The zero-order valence-corrected chi connectivity index (χ0v) is 14.1. The summed E-state index contributed by atoms with van der Waals surface area (Å²) in [6.07, 6.45) is 6.50. The second-order valence-corrected chi connectivity index (χ2v) is 6.17. The van der Waals surface area contributed by atoms with E-state index in [9.17, 15) is 9.59 Å². The number of carbonyl (C=O) groups is 2. The first-order chi connectivity index (χ1) is 12.1. The van der Waals surface area contributed by atoms with E-state index < -0.39 is 0 Å². The Balaban J connectivity index is 1.57. The van der Waals surface area contributed by atoms with Gasteiger partial charge < -0.3 is 15.5 Å². The van der Waals surface area contributed by atoms with Crippen LogP contribution >= 0.6 is 0 Å². The van der Waals surface area contributed by atoms with E-state index >= 15 is 0 Å². The van der Waals surface area contributed by atoms with Crippen LogP contribution in [0.25, 0.3) is 0 Å². The maximum absolute atomic E-state index is 12.5. The van der Waals surface area contributed by atoms with Crippen molar-refractivity contribution in [2.45, 2.75) is 19.8 Å². The van der Waals surface area contributed by atoms with Gasteiger partial charge in [-0.15, -0.1) is 0 Å². The Labute approximate surface area is 146 Å². The number of aromatic nitrogens is 2. The lowest BCUT2D eigenvalue weighted by molar-refractivity contribution is -0.121. The third kappa shape index (κ3) is 4.53. The van der Waals surface area contributed by atoms with Crippen molar-refractivity contribution in [1.29, 1.82) is 0 Å². The number of hydrogen-bond donors (Lipinski definition) is 2. The third-order valence-electron chi connectivity index (χ3n) is 4.15. The molecule has 2 N–H and O–H groups in total. The van der Waals surface area contributed by atoms with Gasteiger partial charge >= 0.3 is 6.03 Å². The van der Waals surface area contributed by atoms with Crippen LogP contribution in [0.3, 0.4) is 0 Å². The maximum atomic E-state index is 12.5. The minimum atomic E-state index is -0.239. The van der Waals surface area contributed by atoms with Crippen molar-refractivity contribution in [3.8, 4) is 0 Å². The van der Waals surface area contributed by atoms with Gasteiger partial charge in [-0.05, 0) is 43.5 Å². The van der Waals surface area contributed by atoms with E-state index in [1.54, 1.807) is 41.7 Å². The largest absolute Gasteiger partial charge is 0.324 e. The Morgan fingerprint density at radius 1 is 1.20 bits per heavy atom. The molecule has 0 spiro atoms. The number of hydrogen-bond acceptors (Lipinski definition) is 4. The summed E-state index contributed by atoms with van der Waals surface area (Å²) in [5, 5.41) is 5.64. The average molecular weight is 339 g/mol. The summed E-state index contributed by atoms with van der Waals surface area (Å²) < 4.78 is 0. The van der Waals surface area contributed by atoms with Crippen molar-refractivity contribution in [2.24, 2.45) is 5.92 Å². The van der Waals surface area contributed by atoms with Crippen molar-refractivity contribution in [3.63, 3.8) is 0 Å². The molecule has 25 heavy (non-hydrogen) atoms. The van der Waals surface area contributed by atoms with Gasteiger partial charge in [0.2, 0.25) is 5.91 Å². The first-order valence-electron chi connectivity index (χ1n) is 8.31. The van der Waals surface area contributed by atoms with Crippen molar-refractivity contribution >= 4 is 23.4 Å². The first-order valence-corrected chi connectivity index (χ1v) is 8.31. The quantitative estimate of drug-likeness (QED) is 0.900. The van der Waals surface area contributed by atoms with Gasteiger partial charge in [0.1, 0.15) is 5.82 Å². The molecule has 1 aliphatic heterocycles. The number of nitrogens with zero attached hydrogens (tertiary/aromatic N) is 3. The van der Waals surface area contributed by atoms with Gasteiger partial charge in [-0.1, -0.05) is 6.07 Å². The highest BCUT2D eigenvalue weighted by Crippen LogP contribution is 2.19. The van der Waals surface area contributed by atoms with Gasteiger partial charge in [-0.3, -0.25) is 9.78 Å². The second-order valence-electron chi connectivity index (χ2n) is 6.17. The highest BCUT2D eigenvalue weighted by atomic mass is 16.2. The molecule has 130 valence electrons. The van der Waals surface area contributed by atoms with Crippen LogP contribution in [0.15, 0.2) is 42.9 Å². The van der Waals surface area contributed by atoms with Crippen LogP contribution in [0.1, 0.15) is 18.4 Å². The molecule has 3 amide bonds. The molecule has 3 rings (SSSR count). The van der Waals surface area contributed by atoms with E-state index in [1.807, 2.05) is 13.0 Å². The number of rotatable bonds is 3. The number of carbonyl (C=O) groups excluding carboxylic acids is 2. The van der Waals surface area contributed by atoms with Crippen LogP contribution in [-0.2, 0) is 4.79 Å².